The molecule has 2 N–H and O–H groups in total. The predicted molar refractivity (Wildman–Crippen MR) is 69.4 cm³/mol. The van der Waals surface area contributed by atoms with Crippen molar-refractivity contribution in [1.82, 2.24) is 15.6 Å². The molecular formula is C12H15ClFN3O2. The lowest BCUT2D eigenvalue weighted by molar-refractivity contribution is -0.120. The molecule has 0 aliphatic carbocycles. The van der Waals surface area contributed by atoms with E-state index in [0.29, 0.717) is 12.5 Å². The number of nitrogens with zero attached hydrogens (tertiary/aromatic N) is 1. The minimum Gasteiger partial charge on any atom is -0.354 e. The van der Waals surface area contributed by atoms with E-state index in [1.807, 2.05) is 13.8 Å². The summed E-state index contributed by atoms with van der Waals surface area (Å²) in [7, 11) is 0. The van der Waals surface area contributed by atoms with Crippen molar-refractivity contribution >= 4 is 23.4 Å². The van der Waals surface area contributed by atoms with Gasteiger partial charge in [0.25, 0.3) is 5.91 Å². The molecule has 0 saturated carbocycles. The maximum absolute atomic E-state index is 12.9. The van der Waals surface area contributed by atoms with Crippen LogP contribution in [0.15, 0.2) is 12.3 Å². The Morgan fingerprint density at radius 2 is 2.11 bits per heavy atom. The highest BCUT2D eigenvalue weighted by Gasteiger charge is 2.13. The number of hydrogen-bond acceptors (Lipinski definition) is 3. The Balaban J connectivity index is 2.51. The van der Waals surface area contributed by atoms with Gasteiger partial charge in [-0.2, -0.15) is 0 Å². The summed E-state index contributed by atoms with van der Waals surface area (Å²) in [6.07, 6.45) is 0.911. The molecular weight excluding hydrogens is 273 g/mol. The van der Waals surface area contributed by atoms with Crippen LogP contribution >= 0.6 is 11.6 Å². The average Bonchev–Trinajstić information content (AvgIpc) is 2.36. The van der Waals surface area contributed by atoms with Gasteiger partial charge in [-0.25, -0.2) is 9.37 Å². The highest BCUT2D eigenvalue weighted by Crippen LogP contribution is 2.13. The van der Waals surface area contributed by atoms with E-state index in [2.05, 4.69) is 15.6 Å². The zero-order valence-electron chi connectivity index (χ0n) is 10.7. The van der Waals surface area contributed by atoms with Gasteiger partial charge >= 0.3 is 0 Å². The number of hydrogen-bond donors (Lipinski definition) is 2. The molecule has 0 fully saturated rings. The van der Waals surface area contributed by atoms with E-state index >= 15 is 0 Å². The summed E-state index contributed by atoms with van der Waals surface area (Å²) in [5.41, 5.74) is -0.0988. The van der Waals surface area contributed by atoms with Gasteiger partial charge in [-0.15, -0.1) is 0 Å². The van der Waals surface area contributed by atoms with E-state index in [-0.39, 0.29) is 23.2 Å². The van der Waals surface area contributed by atoms with Crippen LogP contribution in [-0.2, 0) is 4.79 Å². The Hall–Kier alpha value is -1.69. The summed E-state index contributed by atoms with van der Waals surface area (Å²) in [5.74, 6) is -1.31. The van der Waals surface area contributed by atoms with E-state index in [4.69, 9.17) is 11.6 Å². The van der Waals surface area contributed by atoms with Gasteiger partial charge < -0.3 is 10.6 Å². The molecule has 0 saturated heterocycles. The fourth-order valence-corrected chi connectivity index (χ4v) is 1.41. The lowest BCUT2D eigenvalue weighted by atomic mass is 10.2. The van der Waals surface area contributed by atoms with Crippen LogP contribution < -0.4 is 10.6 Å². The van der Waals surface area contributed by atoms with Crippen LogP contribution in [0.3, 0.4) is 0 Å². The molecule has 1 heterocycles. The van der Waals surface area contributed by atoms with Crippen molar-refractivity contribution in [2.24, 2.45) is 5.92 Å². The monoisotopic (exact) mass is 287 g/mol. The molecule has 0 aliphatic heterocycles. The third-order valence-corrected chi connectivity index (χ3v) is 2.47. The van der Waals surface area contributed by atoms with Crippen LogP contribution in [0.5, 0.6) is 0 Å². The average molecular weight is 288 g/mol. The molecule has 0 spiro atoms. The number of rotatable bonds is 5. The Labute approximate surface area is 115 Å². The summed E-state index contributed by atoms with van der Waals surface area (Å²) in [6.45, 7) is 4.24. The van der Waals surface area contributed by atoms with Gasteiger partial charge in [-0.3, -0.25) is 9.59 Å². The summed E-state index contributed by atoms with van der Waals surface area (Å²) in [6, 6.07) is 0.969. The number of pyridine rings is 1. The number of aromatic nitrogens is 1. The summed E-state index contributed by atoms with van der Waals surface area (Å²) < 4.78 is 12.9. The first kappa shape index (κ1) is 15.4. The Morgan fingerprint density at radius 3 is 2.74 bits per heavy atom. The van der Waals surface area contributed by atoms with Crippen LogP contribution in [0.1, 0.15) is 24.2 Å². The highest BCUT2D eigenvalue weighted by atomic mass is 35.5. The lowest BCUT2D eigenvalue weighted by Gasteiger charge is -2.09. The predicted octanol–water partition coefficient (Wildman–Crippen LogP) is 1.38. The first-order valence-electron chi connectivity index (χ1n) is 5.76. The van der Waals surface area contributed by atoms with Gasteiger partial charge in [0.1, 0.15) is 11.0 Å². The third kappa shape index (κ3) is 5.21. The quantitative estimate of drug-likeness (QED) is 0.804. The minimum absolute atomic E-state index is 0.0988. The molecule has 1 aromatic heterocycles. The van der Waals surface area contributed by atoms with Crippen LogP contribution in [-0.4, -0.2) is 29.9 Å². The van der Waals surface area contributed by atoms with E-state index in [0.717, 1.165) is 12.3 Å². The minimum atomic E-state index is -0.668. The van der Waals surface area contributed by atoms with Crippen LogP contribution in [0.4, 0.5) is 4.39 Å². The second-order valence-electron chi connectivity index (χ2n) is 4.37. The molecule has 7 heteroatoms. The smallest absolute Gasteiger partial charge is 0.254 e. The van der Waals surface area contributed by atoms with Gasteiger partial charge in [-0.05, 0) is 12.0 Å². The molecule has 104 valence electrons. The molecule has 5 nitrogen and oxygen atoms in total. The fraction of sp³-hybridized carbons (Fsp3) is 0.417. The summed E-state index contributed by atoms with van der Waals surface area (Å²) >= 11 is 5.67. The van der Waals surface area contributed by atoms with E-state index in [1.165, 1.54) is 0 Å². The molecule has 19 heavy (non-hydrogen) atoms. The normalized spacial score (nSPS) is 10.4. The zero-order chi connectivity index (χ0) is 14.4. The van der Waals surface area contributed by atoms with Crippen molar-refractivity contribution in [1.29, 1.82) is 0 Å². The van der Waals surface area contributed by atoms with Crippen molar-refractivity contribution in [2.45, 2.75) is 13.8 Å². The number of carbonyl (C=O) groups excluding carboxylic acids is 2. The lowest BCUT2D eigenvalue weighted by Crippen LogP contribution is -2.38. The van der Waals surface area contributed by atoms with Crippen LogP contribution in [0.2, 0.25) is 5.15 Å². The second-order valence-corrected chi connectivity index (χ2v) is 4.73. The van der Waals surface area contributed by atoms with Crippen LogP contribution in [0, 0.1) is 11.7 Å². The van der Waals surface area contributed by atoms with Gasteiger partial charge in [-0.1, -0.05) is 25.4 Å². The molecule has 0 radical (unpaired) electrons. The number of amides is 2. The number of halogens is 2. The number of nitrogens with one attached hydrogen (secondary N) is 2. The summed E-state index contributed by atoms with van der Waals surface area (Å²) in [4.78, 5) is 26.6. The Bertz CT molecular complexity index is 480. The molecule has 0 atom stereocenters. The molecule has 1 rings (SSSR count). The first-order chi connectivity index (χ1) is 8.90. The number of carbonyl (C=O) groups is 2. The van der Waals surface area contributed by atoms with Crippen molar-refractivity contribution in [3.63, 3.8) is 0 Å². The third-order valence-electron chi connectivity index (χ3n) is 2.17. The largest absolute Gasteiger partial charge is 0.354 e. The summed E-state index contributed by atoms with van der Waals surface area (Å²) in [5, 5.41) is 4.88. The highest BCUT2D eigenvalue weighted by molar-refractivity contribution is 6.32. The van der Waals surface area contributed by atoms with Gasteiger partial charge in [0.05, 0.1) is 18.3 Å². The van der Waals surface area contributed by atoms with E-state index in [1.54, 1.807) is 0 Å². The molecule has 0 unspecified atom stereocenters. The molecule has 0 aromatic carbocycles. The van der Waals surface area contributed by atoms with Gasteiger partial charge in [0.15, 0.2) is 0 Å². The van der Waals surface area contributed by atoms with Crippen LogP contribution in [0.25, 0.3) is 0 Å². The van der Waals surface area contributed by atoms with Crippen molar-refractivity contribution in [2.75, 3.05) is 13.1 Å². The van der Waals surface area contributed by atoms with Gasteiger partial charge in [0.2, 0.25) is 5.91 Å². The maximum Gasteiger partial charge on any atom is 0.254 e. The van der Waals surface area contributed by atoms with E-state index < -0.39 is 11.7 Å². The second kappa shape index (κ2) is 7.04. The first-order valence-corrected chi connectivity index (χ1v) is 6.14. The van der Waals surface area contributed by atoms with Crippen molar-refractivity contribution in [3.05, 3.63) is 28.8 Å². The SMILES string of the molecule is CC(C)CNC(=O)CNC(=O)c1cc(F)cnc1Cl. The molecule has 1 aromatic rings. The Kier molecular flexibility index (Phi) is 5.69. The standard InChI is InChI=1S/C12H15ClFN3O2/c1-7(2)4-15-10(18)6-17-12(19)9-3-8(14)5-16-11(9)13/h3,5,7H,4,6H2,1-2H3,(H,15,18)(H,17,19). The fourth-order valence-electron chi connectivity index (χ4n) is 1.22. The van der Waals surface area contributed by atoms with Gasteiger partial charge in [0, 0.05) is 6.54 Å². The Morgan fingerprint density at radius 1 is 1.42 bits per heavy atom. The maximum atomic E-state index is 12.9. The zero-order valence-corrected chi connectivity index (χ0v) is 11.4. The van der Waals surface area contributed by atoms with Crippen molar-refractivity contribution < 1.29 is 14.0 Å². The molecule has 2 amide bonds. The molecule has 0 aliphatic rings. The van der Waals surface area contributed by atoms with E-state index in [9.17, 15) is 14.0 Å². The topological polar surface area (TPSA) is 71.1 Å². The van der Waals surface area contributed by atoms with Crippen molar-refractivity contribution in [3.8, 4) is 0 Å². The molecule has 0 bridgehead atoms.